The third-order valence-electron chi connectivity index (χ3n) is 2.27. The average Bonchev–Trinajstić information content (AvgIpc) is 2.43. The zero-order chi connectivity index (χ0) is 14.7. The van der Waals surface area contributed by atoms with Crippen molar-refractivity contribution in [1.82, 2.24) is 9.97 Å². The van der Waals surface area contributed by atoms with Crippen molar-refractivity contribution < 1.29 is 9.66 Å². The number of halogens is 2. The first-order valence-corrected chi connectivity index (χ1v) is 6.50. The second-order valence-corrected chi connectivity index (χ2v) is 4.83. The van der Waals surface area contributed by atoms with E-state index in [2.05, 4.69) is 31.2 Å². The summed E-state index contributed by atoms with van der Waals surface area (Å²) in [6.07, 6.45) is 1.52. The van der Waals surface area contributed by atoms with Crippen LogP contribution in [0, 0.1) is 10.1 Å². The summed E-state index contributed by atoms with van der Waals surface area (Å²) in [6, 6.07) is 3.92. The van der Waals surface area contributed by atoms with Crippen LogP contribution in [-0.2, 0) is 0 Å². The van der Waals surface area contributed by atoms with Gasteiger partial charge in [0.2, 0.25) is 11.8 Å². The number of hydrogen-bond acceptors (Lipinski definition) is 6. The lowest BCUT2D eigenvalue weighted by molar-refractivity contribution is -0.384. The Labute approximate surface area is 127 Å². The molecule has 0 bridgehead atoms. The van der Waals surface area contributed by atoms with E-state index in [0.717, 1.165) is 0 Å². The molecule has 0 atom stereocenters. The maximum Gasteiger partial charge on any atom is 0.271 e. The zero-order valence-corrected chi connectivity index (χ0v) is 12.5. The Hall–Kier alpha value is -1.93. The number of hydrogen-bond donors (Lipinski definition) is 1. The Balaban J connectivity index is 2.32. The molecule has 20 heavy (non-hydrogen) atoms. The molecule has 0 radical (unpaired) electrons. The van der Waals surface area contributed by atoms with Crippen molar-refractivity contribution in [3.63, 3.8) is 0 Å². The quantitative estimate of drug-likeness (QED) is 0.662. The van der Waals surface area contributed by atoms with E-state index in [4.69, 9.17) is 16.3 Å². The molecule has 0 unspecified atom stereocenters. The predicted molar refractivity (Wildman–Crippen MR) is 77.5 cm³/mol. The van der Waals surface area contributed by atoms with Gasteiger partial charge in [0.25, 0.3) is 5.69 Å². The molecular formula is C11H8BrClN4O3. The highest BCUT2D eigenvalue weighted by molar-refractivity contribution is 9.10. The van der Waals surface area contributed by atoms with Crippen molar-refractivity contribution in [1.29, 1.82) is 0 Å². The van der Waals surface area contributed by atoms with Crippen LogP contribution in [0.4, 0.5) is 11.6 Å². The number of benzene rings is 1. The Kier molecular flexibility index (Phi) is 4.35. The van der Waals surface area contributed by atoms with Gasteiger partial charge >= 0.3 is 0 Å². The molecule has 0 aliphatic carbocycles. The van der Waals surface area contributed by atoms with Gasteiger partial charge in [-0.05, 0) is 22.0 Å². The SMILES string of the molecule is CNc1ncc(Br)c(Oc2ccc([N+](=O)[O-])cc2Cl)n1. The molecule has 2 rings (SSSR count). The number of anilines is 1. The number of rotatable bonds is 4. The first kappa shape index (κ1) is 14.5. The molecule has 0 aliphatic rings. The first-order valence-electron chi connectivity index (χ1n) is 5.33. The third kappa shape index (κ3) is 3.14. The zero-order valence-electron chi connectivity index (χ0n) is 10.1. The molecule has 0 saturated heterocycles. The summed E-state index contributed by atoms with van der Waals surface area (Å²) in [5, 5.41) is 13.5. The Bertz CT molecular complexity index is 668. The number of nitro groups is 1. The van der Waals surface area contributed by atoms with Crippen molar-refractivity contribution in [2.24, 2.45) is 0 Å². The molecule has 2 aromatic rings. The fourth-order valence-electron chi connectivity index (χ4n) is 1.33. The van der Waals surface area contributed by atoms with Crippen molar-refractivity contribution >= 4 is 39.2 Å². The lowest BCUT2D eigenvalue weighted by Gasteiger charge is -2.09. The maximum atomic E-state index is 10.6. The van der Waals surface area contributed by atoms with Gasteiger partial charge in [0.15, 0.2) is 0 Å². The molecule has 1 heterocycles. The van der Waals surface area contributed by atoms with Crippen LogP contribution in [0.15, 0.2) is 28.9 Å². The van der Waals surface area contributed by atoms with E-state index in [1.807, 2.05) is 0 Å². The summed E-state index contributed by atoms with van der Waals surface area (Å²) >= 11 is 9.20. The Morgan fingerprint density at radius 2 is 2.25 bits per heavy atom. The van der Waals surface area contributed by atoms with Crippen LogP contribution in [0.1, 0.15) is 0 Å². The van der Waals surface area contributed by atoms with Gasteiger partial charge in [-0.15, -0.1) is 0 Å². The highest BCUT2D eigenvalue weighted by Gasteiger charge is 2.13. The second kappa shape index (κ2) is 6.02. The number of non-ortho nitro benzene ring substituents is 1. The third-order valence-corrected chi connectivity index (χ3v) is 3.11. The van der Waals surface area contributed by atoms with E-state index in [-0.39, 0.29) is 22.3 Å². The maximum absolute atomic E-state index is 10.6. The highest BCUT2D eigenvalue weighted by Crippen LogP contribution is 2.34. The summed E-state index contributed by atoms with van der Waals surface area (Å²) in [7, 11) is 1.67. The fraction of sp³-hybridized carbons (Fsp3) is 0.0909. The largest absolute Gasteiger partial charge is 0.436 e. The van der Waals surface area contributed by atoms with E-state index < -0.39 is 4.92 Å². The van der Waals surface area contributed by atoms with E-state index in [1.54, 1.807) is 7.05 Å². The number of nitro benzene ring substituents is 1. The minimum absolute atomic E-state index is 0.111. The Morgan fingerprint density at radius 1 is 1.50 bits per heavy atom. The van der Waals surface area contributed by atoms with Crippen LogP contribution in [0.3, 0.4) is 0 Å². The van der Waals surface area contributed by atoms with E-state index in [1.165, 1.54) is 24.4 Å². The van der Waals surface area contributed by atoms with Gasteiger partial charge in [-0.1, -0.05) is 11.6 Å². The molecule has 0 saturated carbocycles. The van der Waals surface area contributed by atoms with E-state index >= 15 is 0 Å². The standard InChI is InChI=1S/C11H8BrClN4O3/c1-14-11-15-5-7(12)10(16-11)20-9-3-2-6(17(18)19)4-8(9)13/h2-5H,1H3,(H,14,15,16). The van der Waals surface area contributed by atoms with Gasteiger partial charge in [0.05, 0.1) is 20.6 Å². The van der Waals surface area contributed by atoms with Crippen molar-refractivity contribution in [3.05, 3.63) is 44.0 Å². The van der Waals surface area contributed by atoms with Gasteiger partial charge in [-0.2, -0.15) is 4.98 Å². The highest BCUT2D eigenvalue weighted by atomic mass is 79.9. The van der Waals surface area contributed by atoms with Crippen LogP contribution < -0.4 is 10.1 Å². The van der Waals surface area contributed by atoms with Crippen LogP contribution in [0.5, 0.6) is 11.6 Å². The summed E-state index contributed by atoms with van der Waals surface area (Å²) in [5.41, 5.74) is -0.111. The molecule has 7 nitrogen and oxygen atoms in total. The summed E-state index contributed by atoms with van der Waals surface area (Å²) in [5.74, 6) is 0.889. The number of nitrogens with one attached hydrogen (secondary N) is 1. The normalized spacial score (nSPS) is 10.2. The number of aromatic nitrogens is 2. The number of nitrogens with zero attached hydrogens (tertiary/aromatic N) is 3. The van der Waals surface area contributed by atoms with Gasteiger partial charge in [0.1, 0.15) is 5.75 Å². The second-order valence-electron chi connectivity index (χ2n) is 3.57. The van der Waals surface area contributed by atoms with Crippen LogP contribution >= 0.6 is 27.5 Å². The molecule has 1 aromatic heterocycles. The minimum Gasteiger partial charge on any atom is -0.436 e. The molecule has 9 heteroatoms. The molecule has 1 aromatic carbocycles. The summed E-state index contributed by atoms with van der Waals surface area (Å²) in [4.78, 5) is 18.2. The monoisotopic (exact) mass is 358 g/mol. The van der Waals surface area contributed by atoms with Crippen molar-refractivity contribution in [3.8, 4) is 11.6 Å². The van der Waals surface area contributed by atoms with Gasteiger partial charge in [0, 0.05) is 19.2 Å². The van der Waals surface area contributed by atoms with Crippen LogP contribution in [0.25, 0.3) is 0 Å². The Morgan fingerprint density at radius 3 is 2.85 bits per heavy atom. The molecule has 104 valence electrons. The predicted octanol–water partition coefficient (Wildman–Crippen LogP) is 3.63. The molecule has 0 spiro atoms. The van der Waals surface area contributed by atoms with Crippen molar-refractivity contribution in [2.45, 2.75) is 0 Å². The van der Waals surface area contributed by atoms with Crippen molar-refractivity contribution in [2.75, 3.05) is 12.4 Å². The summed E-state index contributed by atoms with van der Waals surface area (Å²) in [6.45, 7) is 0. The molecule has 0 fully saturated rings. The van der Waals surface area contributed by atoms with Gasteiger partial charge in [-0.3, -0.25) is 10.1 Å². The van der Waals surface area contributed by atoms with Gasteiger partial charge < -0.3 is 10.1 Å². The minimum atomic E-state index is -0.532. The topological polar surface area (TPSA) is 90.2 Å². The molecule has 0 amide bonds. The molecular weight excluding hydrogens is 352 g/mol. The fourth-order valence-corrected chi connectivity index (χ4v) is 1.82. The summed E-state index contributed by atoms with van der Waals surface area (Å²) < 4.78 is 6.06. The van der Waals surface area contributed by atoms with Crippen LogP contribution in [0.2, 0.25) is 5.02 Å². The van der Waals surface area contributed by atoms with Crippen LogP contribution in [-0.4, -0.2) is 21.9 Å². The van der Waals surface area contributed by atoms with E-state index in [0.29, 0.717) is 10.4 Å². The lowest BCUT2D eigenvalue weighted by Crippen LogP contribution is -1.99. The molecule has 1 N–H and O–H groups in total. The molecule has 0 aliphatic heterocycles. The van der Waals surface area contributed by atoms with E-state index in [9.17, 15) is 10.1 Å². The smallest absolute Gasteiger partial charge is 0.271 e. The lowest BCUT2D eigenvalue weighted by atomic mass is 10.3. The first-order chi connectivity index (χ1) is 9.51. The van der Waals surface area contributed by atoms with Gasteiger partial charge in [-0.25, -0.2) is 4.98 Å². The number of ether oxygens (including phenoxy) is 1. The average molecular weight is 360 g/mol.